The van der Waals surface area contributed by atoms with E-state index in [9.17, 15) is 93.9 Å². The van der Waals surface area contributed by atoms with Gasteiger partial charge in [-0.2, -0.15) is 0 Å². The van der Waals surface area contributed by atoms with E-state index in [1.807, 2.05) is 0 Å². The van der Waals surface area contributed by atoms with Gasteiger partial charge >= 0.3 is 5.97 Å². The quantitative estimate of drug-likeness (QED) is 0.0199. The number of imide groups is 1. The van der Waals surface area contributed by atoms with Gasteiger partial charge in [-0.3, -0.25) is 43.2 Å². The molecule has 0 unspecified atom stereocenters. The number of unbranched alkanes of at least 4 members (excludes halogenated alkanes) is 2. The summed E-state index contributed by atoms with van der Waals surface area (Å²) in [7, 11) is 0. The van der Waals surface area contributed by atoms with Gasteiger partial charge in [0.15, 0.2) is 18.9 Å². The Morgan fingerprint density at radius 3 is 1.02 bits per heavy atom. The molecule has 0 spiro atoms. The van der Waals surface area contributed by atoms with Gasteiger partial charge in [0.2, 0.25) is 41.4 Å². The first-order valence-electron chi connectivity index (χ1n) is 35.3. The topological polar surface area (TPSA) is 588 Å². The Balaban J connectivity index is 1.19. The lowest BCUT2D eigenvalue weighted by atomic mass is 9.97. The number of hydrogen-bond acceptors (Lipinski definition) is 35. The molecule has 0 bridgehead atoms. The molecule has 4 saturated heterocycles. The van der Waals surface area contributed by atoms with Crippen molar-refractivity contribution in [2.24, 2.45) is 0 Å². The van der Waals surface area contributed by atoms with Crippen LogP contribution < -0.4 is 37.2 Å². The lowest BCUT2D eigenvalue weighted by Gasteiger charge is -2.42. The fourth-order valence-electron chi connectivity index (χ4n) is 10.7. The molecule has 0 saturated carbocycles. The number of carbonyl (C=O) groups is 10. The van der Waals surface area contributed by atoms with Crippen LogP contribution in [-0.2, 0) is 124 Å². The number of ether oxygens (including phenoxy) is 15. The first-order valence-corrected chi connectivity index (χ1v) is 35.3. The molecule has 0 aromatic rings. The summed E-state index contributed by atoms with van der Waals surface area (Å²) in [5.41, 5.74) is 0. The number of hydroxylamine groups is 2. The summed E-state index contributed by atoms with van der Waals surface area (Å²) in [5.74, 6) is -6.80. The van der Waals surface area contributed by atoms with Crippen LogP contribution in [0.2, 0.25) is 0 Å². The van der Waals surface area contributed by atoms with Gasteiger partial charge in [-0.15, -0.1) is 5.06 Å². The Kier molecular flexibility index (Phi) is 46.9. The van der Waals surface area contributed by atoms with Crippen molar-refractivity contribution in [2.75, 3.05) is 172 Å². The van der Waals surface area contributed by atoms with E-state index in [2.05, 4.69) is 37.2 Å². The average molecular weight is 1550 g/mol. The van der Waals surface area contributed by atoms with Crippen molar-refractivity contribution in [2.45, 2.75) is 176 Å². The van der Waals surface area contributed by atoms with Crippen LogP contribution in [0, 0.1) is 0 Å². The Bertz CT molecular complexity index is 2610. The number of nitrogens with one attached hydrogen (secondary N) is 7. The third-order valence-electron chi connectivity index (χ3n) is 16.1. The van der Waals surface area contributed by atoms with E-state index in [1.165, 1.54) is 20.8 Å². The number of carbonyl (C=O) groups excluding carboxylic acids is 10. The minimum Gasteiger partial charge on any atom is -0.394 e. The van der Waals surface area contributed by atoms with Gasteiger partial charge in [0.25, 0.3) is 11.8 Å². The van der Waals surface area contributed by atoms with E-state index < -0.39 is 190 Å². The smallest absolute Gasteiger partial charge is 0.355 e. The third kappa shape index (κ3) is 36.1. The lowest BCUT2D eigenvalue weighted by molar-refractivity contribution is -0.272. The van der Waals surface area contributed by atoms with E-state index in [-0.39, 0.29) is 197 Å². The molecule has 17 atom stereocenters. The summed E-state index contributed by atoms with van der Waals surface area (Å²) in [6, 6.07) is -6.13. The normalized spacial score (nSPS) is 25.7. The maximum absolute atomic E-state index is 14.1. The number of rotatable bonds is 57. The second-order valence-electron chi connectivity index (χ2n) is 24.6. The van der Waals surface area contributed by atoms with E-state index in [0.29, 0.717) is 5.06 Å². The Morgan fingerprint density at radius 2 is 0.701 bits per heavy atom. The fraction of sp³-hybridized carbons (Fsp3) is 0.844. The summed E-state index contributed by atoms with van der Waals surface area (Å²) in [5, 5.41) is 109. The molecule has 616 valence electrons. The first-order chi connectivity index (χ1) is 51.4. The molecule has 4 aliphatic heterocycles. The monoisotopic (exact) mass is 1550 g/mol. The van der Waals surface area contributed by atoms with E-state index in [4.69, 9.17) is 75.9 Å². The van der Waals surface area contributed by atoms with Crippen LogP contribution in [-0.4, -0.2) is 386 Å². The van der Waals surface area contributed by atoms with Gasteiger partial charge in [0.05, 0.1) is 139 Å². The summed E-state index contributed by atoms with van der Waals surface area (Å²) in [6.45, 7) is 1.80. The summed E-state index contributed by atoms with van der Waals surface area (Å²) < 4.78 is 82.5. The maximum Gasteiger partial charge on any atom is 0.355 e. The summed E-state index contributed by atoms with van der Waals surface area (Å²) >= 11 is 0. The van der Waals surface area contributed by atoms with Crippen LogP contribution in [0.3, 0.4) is 0 Å². The SMILES string of the molecule is CC(=O)N[C@H]1[C@H](OCCOCCOCCOCC(=O)NCCCC[C@H](NC(=O)COCCOCCOCCO[C@@H]2O[C@H](CO)[C@H](O)[C@H](O)[C@H]2NC(C)=O)C(=O)N[C@@H](CCCCNC(=O)COCCOCCOCCO[C@@H]2O[C@H](CO)[C@H](O)[C@H](O)[C@H]2NC(C)=O)C(=O)ON2C(=O)CCC2=O)O[C@H](CO)[C@H](O)[C@@H]1O. The second kappa shape index (κ2) is 53.7. The van der Waals surface area contributed by atoms with Gasteiger partial charge in [-0.05, 0) is 38.5 Å². The Morgan fingerprint density at radius 1 is 0.402 bits per heavy atom. The fourth-order valence-corrected chi connectivity index (χ4v) is 10.7. The van der Waals surface area contributed by atoms with Crippen molar-refractivity contribution in [1.29, 1.82) is 0 Å². The van der Waals surface area contributed by atoms with Crippen LogP contribution in [0.5, 0.6) is 0 Å². The van der Waals surface area contributed by atoms with Gasteiger partial charge < -0.3 is 159 Å². The van der Waals surface area contributed by atoms with Crippen LogP contribution in [0.15, 0.2) is 0 Å². The van der Waals surface area contributed by atoms with E-state index >= 15 is 0 Å². The molecular formula is C64H110N8O35. The Hall–Kier alpha value is -6.06. The molecule has 43 heteroatoms. The lowest BCUT2D eigenvalue weighted by Crippen LogP contribution is -2.64. The predicted molar refractivity (Wildman–Crippen MR) is 356 cm³/mol. The maximum atomic E-state index is 14.1. The molecule has 0 radical (unpaired) electrons. The number of aliphatic hydroxyl groups excluding tert-OH is 9. The standard InChI is InChI=1S/C64H110N8O35/c1-38(76)67-51-57(87)54(84)43(32-73)104-62(51)101-29-26-95-17-14-92-20-23-98-35-46(79)65-12-6-4-8-41(70-48(81)37-100-25-22-94-16-19-97-28-31-103-64-53(69-40(3)78)59(89)56(86)45(34-75)106-64)60(90)71-42(61(91)107-72-49(82)10-11-50(72)83)9-5-7-13-66-47(80)36-99-24-21-93-15-18-96-27-30-102-63-52(68-39(2)77)58(88)55(85)44(33-74)105-63/h41-45,51-59,62-64,73-75,84-89H,4-37H2,1-3H3,(H,65,79)(H,66,80)(H,67,76)(H,68,77)(H,69,78)(H,70,81)(H,71,90)/t41-,42-,43+,44+,45+,51+,52+,53+,54-,55-,56-,57+,58+,59+,62+,63+,64+/m0/s1. The van der Waals surface area contributed by atoms with E-state index in [0.717, 1.165) is 0 Å². The predicted octanol–water partition coefficient (Wildman–Crippen LogP) is -9.83. The molecule has 16 N–H and O–H groups in total. The van der Waals surface area contributed by atoms with Crippen LogP contribution in [0.4, 0.5) is 0 Å². The van der Waals surface area contributed by atoms with Crippen LogP contribution >= 0.6 is 0 Å². The highest BCUT2D eigenvalue weighted by atomic mass is 16.7. The first kappa shape index (κ1) is 93.3. The number of aliphatic hydroxyl groups is 9. The van der Waals surface area contributed by atoms with Gasteiger partial charge in [0, 0.05) is 46.7 Å². The molecule has 9 amide bonds. The minimum absolute atomic E-state index is 0.00363. The van der Waals surface area contributed by atoms with Crippen molar-refractivity contribution >= 4 is 59.1 Å². The van der Waals surface area contributed by atoms with Crippen molar-refractivity contribution in [3.8, 4) is 0 Å². The number of hydrogen-bond donors (Lipinski definition) is 16. The molecule has 0 aromatic carbocycles. The largest absolute Gasteiger partial charge is 0.394 e. The summed E-state index contributed by atoms with van der Waals surface area (Å²) in [6.07, 6.45) is -15.5. The van der Waals surface area contributed by atoms with Crippen LogP contribution in [0.1, 0.15) is 72.1 Å². The van der Waals surface area contributed by atoms with Gasteiger partial charge in [0.1, 0.15) is 105 Å². The van der Waals surface area contributed by atoms with Crippen molar-refractivity contribution in [3.05, 3.63) is 0 Å². The molecule has 4 rings (SSSR count). The summed E-state index contributed by atoms with van der Waals surface area (Å²) in [4.78, 5) is 131. The molecule has 4 heterocycles. The van der Waals surface area contributed by atoms with Crippen molar-refractivity contribution in [1.82, 2.24) is 42.3 Å². The molecule has 107 heavy (non-hydrogen) atoms. The average Bonchev–Trinajstić information content (AvgIpc) is 1.60. The molecular weight excluding hydrogens is 1440 g/mol. The van der Waals surface area contributed by atoms with Crippen molar-refractivity contribution < 1.29 is 170 Å². The molecule has 43 nitrogen and oxygen atoms in total. The van der Waals surface area contributed by atoms with E-state index in [1.54, 1.807) is 0 Å². The number of amides is 9. The zero-order valence-corrected chi connectivity index (χ0v) is 60.4. The van der Waals surface area contributed by atoms with Crippen LogP contribution in [0.25, 0.3) is 0 Å². The zero-order valence-electron chi connectivity index (χ0n) is 60.4. The molecule has 0 aliphatic carbocycles. The van der Waals surface area contributed by atoms with Gasteiger partial charge in [-0.25, -0.2) is 4.79 Å². The molecule has 4 aliphatic rings. The molecule has 0 aromatic heterocycles. The van der Waals surface area contributed by atoms with Crippen molar-refractivity contribution in [3.63, 3.8) is 0 Å². The van der Waals surface area contributed by atoms with Gasteiger partial charge in [-0.1, -0.05) is 0 Å². The third-order valence-corrected chi connectivity index (χ3v) is 16.1. The zero-order chi connectivity index (χ0) is 78.5. The highest BCUT2D eigenvalue weighted by Gasteiger charge is 2.48. The highest BCUT2D eigenvalue weighted by Crippen LogP contribution is 2.25. The Labute approximate surface area is 617 Å². The highest BCUT2D eigenvalue weighted by molar-refractivity contribution is 6.02. The number of nitrogens with zero attached hydrogens (tertiary/aromatic N) is 1. The minimum atomic E-state index is -1.49. The second-order valence-corrected chi connectivity index (χ2v) is 24.6. The molecule has 4 fully saturated rings.